The van der Waals surface area contributed by atoms with Crippen LogP contribution < -0.4 is 4.72 Å². The predicted octanol–water partition coefficient (Wildman–Crippen LogP) is 2.95. The molecule has 0 bridgehead atoms. The highest BCUT2D eigenvalue weighted by molar-refractivity contribution is 7.92. The topological polar surface area (TPSA) is 88.6 Å². The van der Waals surface area contributed by atoms with Gasteiger partial charge in [-0.05, 0) is 35.4 Å². The quantitative estimate of drug-likeness (QED) is 0.641. The number of carbonyl (C=O) groups is 1. The number of carbonyl (C=O) groups excluding carboxylic acids is 1. The maximum atomic E-state index is 12.8. The number of sulfonamides is 1. The highest BCUT2D eigenvalue weighted by Gasteiger charge is 2.19. The number of hydrogen-bond acceptors (Lipinski definition) is 5. The van der Waals surface area contributed by atoms with Gasteiger partial charge in [0.15, 0.2) is 0 Å². The van der Waals surface area contributed by atoms with Crippen molar-refractivity contribution in [2.75, 3.05) is 31.0 Å². The Labute approximate surface area is 181 Å². The molecule has 3 aromatic rings. The van der Waals surface area contributed by atoms with Crippen LogP contribution in [0.4, 0.5) is 5.82 Å². The summed E-state index contributed by atoms with van der Waals surface area (Å²) in [6, 6.07) is 21.4. The number of ether oxygens (including phenoxy) is 1. The number of anilines is 1. The lowest BCUT2D eigenvalue weighted by Gasteiger charge is -2.26. The van der Waals surface area contributed by atoms with Gasteiger partial charge in [-0.1, -0.05) is 48.5 Å². The van der Waals surface area contributed by atoms with Crippen molar-refractivity contribution in [2.24, 2.45) is 0 Å². The number of nitrogens with one attached hydrogen (secondary N) is 1. The highest BCUT2D eigenvalue weighted by atomic mass is 32.2. The number of benzene rings is 2. The molecule has 4 rings (SSSR count). The fraction of sp³-hybridized carbons (Fsp3) is 0.217. The molecule has 0 unspecified atom stereocenters. The SMILES string of the molecule is O=C(Cc1cccc(NS(=O)(=O)c2ccc(-c3ccccc3)cc2)n1)N1CCOCC1. The molecular weight excluding hydrogens is 414 g/mol. The highest BCUT2D eigenvalue weighted by Crippen LogP contribution is 2.22. The molecule has 1 fully saturated rings. The number of amides is 1. The van der Waals surface area contributed by atoms with E-state index in [4.69, 9.17) is 4.74 Å². The summed E-state index contributed by atoms with van der Waals surface area (Å²) in [7, 11) is -3.80. The van der Waals surface area contributed by atoms with E-state index in [9.17, 15) is 13.2 Å². The van der Waals surface area contributed by atoms with Gasteiger partial charge in [-0.3, -0.25) is 9.52 Å². The first-order valence-corrected chi connectivity index (χ1v) is 11.5. The molecule has 31 heavy (non-hydrogen) atoms. The second-order valence-corrected chi connectivity index (χ2v) is 8.86. The van der Waals surface area contributed by atoms with Crippen LogP contribution in [0.15, 0.2) is 77.7 Å². The van der Waals surface area contributed by atoms with Crippen LogP contribution in [0.2, 0.25) is 0 Å². The van der Waals surface area contributed by atoms with E-state index in [2.05, 4.69) is 9.71 Å². The Kier molecular flexibility index (Phi) is 6.29. The van der Waals surface area contributed by atoms with Gasteiger partial charge in [-0.2, -0.15) is 0 Å². The maximum absolute atomic E-state index is 12.8. The third-order valence-electron chi connectivity index (χ3n) is 5.01. The number of morpholine rings is 1. The van der Waals surface area contributed by atoms with E-state index in [0.29, 0.717) is 32.0 Å². The van der Waals surface area contributed by atoms with Crippen molar-refractivity contribution in [1.29, 1.82) is 0 Å². The van der Waals surface area contributed by atoms with Crippen LogP contribution in [0.5, 0.6) is 0 Å². The molecule has 1 aliphatic rings. The minimum Gasteiger partial charge on any atom is -0.378 e. The van der Waals surface area contributed by atoms with Crippen LogP contribution >= 0.6 is 0 Å². The number of hydrogen-bond donors (Lipinski definition) is 1. The number of nitrogens with zero attached hydrogens (tertiary/aromatic N) is 2. The standard InChI is InChI=1S/C23H23N3O4S/c27-23(26-13-15-30-16-14-26)17-20-7-4-8-22(24-20)25-31(28,29)21-11-9-19(10-12-21)18-5-2-1-3-6-18/h1-12H,13-17H2,(H,24,25). The summed E-state index contributed by atoms with van der Waals surface area (Å²) in [4.78, 5) is 18.6. The molecule has 0 aliphatic carbocycles. The predicted molar refractivity (Wildman–Crippen MR) is 118 cm³/mol. The molecule has 7 nitrogen and oxygen atoms in total. The number of aromatic nitrogens is 1. The Bertz CT molecular complexity index is 1140. The summed E-state index contributed by atoms with van der Waals surface area (Å²) in [6.07, 6.45) is 0.112. The van der Waals surface area contributed by atoms with E-state index >= 15 is 0 Å². The molecule has 1 aromatic heterocycles. The first-order chi connectivity index (χ1) is 15.0. The van der Waals surface area contributed by atoms with Gasteiger partial charge < -0.3 is 9.64 Å². The molecule has 0 radical (unpaired) electrons. The molecule has 160 valence electrons. The molecule has 2 heterocycles. The molecule has 1 aliphatic heterocycles. The molecule has 0 saturated carbocycles. The van der Waals surface area contributed by atoms with Crippen LogP contribution in [-0.2, 0) is 26.0 Å². The summed E-state index contributed by atoms with van der Waals surface area (Å²) in [5.74, 6) is 0.131. The Hall–Kier alpha value is -3.23. The third kappa shape index (κ3) is 5.28. The molecular formula is C23H23N3O4S. The van der Waals surface area contributed by atoms with Crippen molar-refractivity contribution in [3.8, 4) is 11.1 Å². The molecule has 2 aromatic carbocycles. The van der Waals surface area contributed by atoms with E-state index in [-0.39, 0.29) is 23.0 Å². The van der Waals surface area contributed by atoms with Crippen molar-refractivity contribution >= 4 is 21.7 Å². The first kappa shape index (κ1) is 21.0. The monoisotopic (exact) mass is 437 g/mol. The van der Waals surface area contributed by atoms with E-state index in [0.717, 1.165) is 11.1 Å². The zero-order valence-electron chi connectivity index (χ0n) is 16.9. The van der Waals surface area contributed by atoms with Crippen LogP contribution in [0.1, 0.15) is 5.69 Å². The Balaban J connectivity index is 1.45. The second kappa shape index (κ2) is 9.28. The molecule has 1 N–H and O–H groups in total. The Morgan fingerprint density at radius 2 is 1.58 bits per heavy atom. The smallest absolute Gasteiger partial charge is 0.263 e. The lowest BCUT2D eigenvalue weighted by molar-refractivity contribution is -0.134. The summed E-state index contributed by atoms with van der Waals surface area (Å²) in [6.45, 7) is 2.18. The normalized spacial score (nSPS) is 14.3. The molecule has 1 saturated heterocycles. The number of pyridine rings is 1. The first-order valence-electron chi connectivity index (χ1n) is 10.0. The Morgan fingerprint density at radius 1 is 0.903 bits per heavy atom. The van der Waals surface area contributed by atoms with E-state index in [1.807, 2.05) is 30.3 Å². The average Bonchev–Trinajstić information content (AvgIpc) is 2.80. The van der Waals surface area contributed by atoms with Crippen LogP contribution in [0.3, 0.4) is 0 Å². The maximum Gasteiger partial charge on any atom is 0.263 e. The van der Waals surface area contributed by atoms with E-state index in [1.54, 1.807) is 47.4 Å². The zero-order valence-corrected chi connectivity index (χ0v) is 17.7. The zero-order chi connectivity index (χ0) is 21.7. The summed E-state index contributed by atoms with van der Waals surface area (Å²) >= 11 is 0. The average molecular weight is 438 g/mol. The van der Waals surface area contributed by atoms with Crippen molar-refractivity contribution in [2.45, 2.75) is 11.3 Å². The van der Waals surface area contributed by atoms with Crippen molar-refractivity contribution in [3.05, 3.63) is 78.5 Å². The lowest BCUT2D eigenvalue weighted by atomic mass is 10.1. The van der Waals surface area contributed by atoms with Gasteiger partial charge in [0.05, 0.1) is 30.2 Å². The van der Waals surface area contributed by atoms with Crippen LogP contribution in [0.25, 0.3) is 11.1 Å². The van der Waals surface area contributed by atoms with Crippen molar-refractivity contribution in [1.82, 2.24) is 9.88 Å². The summed E-state index contributed by atoms with van der Waals surface area (Å²) in [5, 5.41) is 0. The van der Waals surface area contributed by atoms with Crippen molar-refractivity contribution < 1.29 is 17.9 Å². The number of rotatable bonds is 6. The van der Waals surface area contributed by atoms with Gasteiger partial charge >= 0.3 is 0 Å². The van der Waals surface area contributed by atoms with Gasteiger partial charge in [0.25, 0.3) is 10.0 Å². The van der Waals surface area contributed by atoms with Gasteiger partial charge in [0.2, 0.25) is 5.91 Å². The van der Waals surface area contributed by atoms with E-state index in [1.165, 1.54) is 0 Å². The Morgan fingerprint density at radius 3 is 2.29 bits per heavy atom. The lowest BCUT2D eigenvalue weighted by Crippen LogP contribution is -2.41. The van der Waals surface area contributed by atoms with E-state index < -0.39 is 10.0 Å². The fourth-order valence-corrected chi connectivity index (χ4v) is 4.37. The van der Waals surface area contributed by atoms with Crippen molar-refractivity contribution in [3.63, 3.8) is 0 Å². The van der Waals surface area contributed by atoms with Crippen LogP contribution in [0, 0.1) is 0 Å². The molecule has 8 heteroatoms. The van der Waals surface area contributed by atoms with Gasteiger partial charge in [-0.25, -0.2) is 13.4 Å². The van der Waals surface area contributed by atoms with Gasteiger partial charge in [0.1, 0.15) is 5.82 Å². The molecule has 0 atom stereocenters. The third-order valence-corrected chi connectivity index (χ3v) is 6.38. The molecule has 0 spiro atoms. The summed E-state index contributed by atoms with van der Waals surface area (Å²) in [5.41, 5.74) is 2.45. The second-order valence-electron chi connectivity index (χ2n) is 7.18. The fourth-order valence-electron chi connectivity index (χ4n) is 3.37. The minimum atomic E-state index is -3.80. The van der Waals surface area contributed by atoms with Gasteiger partial charge in [-0.15, -0.1) is 0 Å². The van der Waals surface area contributed by atoms with Crippen LogP contribution in [-0.4, -0.2) is 50.5 Å². The minimum absolute atomic E-state index is 0.0488. The van der Waals surface area contributed by atoms with Gasteiger partial charge in [0, 0.05) is 13.1 Å². The molecule has 1 amide bonds. The summed E-state index contributed by atoms with van der Waals surface area (Å²) < 4.78 is 33.3. The largest absolute Gasteiger partial charge is 0.378 e.